The second-order valence-electron chi connectivity index (χ2n) is 5.45. The summed E-state index contributed by atoms with van der Waals surface area (Å²) in [5.41, 5.74) is 0. The van der Waals surface area contributed by atoms with Crippen molar-refractivity contribution in [3.05, 3.63) is 23.2 Å². The van der Waals surface area contributed by atoms with Crippen molar-refractivity contribution in [3.63, 3.8) is 0 Å². The predicted molar refractivity (Wildman–Crippen MR) is 82.1 cm³/mol. The zero-order valence-electron chi connectivity index (χ0n) is 11.6. The molecule has 0 spiro atoms. The van der Waals surface area contributed by atoms with Gasteiger partial charge in [-0.25, -0.2) is 15.1 Å². The predicted octanol–water partition coefficient (Wildman–Crippen LogP) is 1.39. The number of anilines is 2. The van der Waals surface area contributed by atoms with Gasteiger partial charge in [-0.3, -0.25) is 4.57 Å². The SMILES string of the molecule is S=c1[nH]nc(N2CCN(c3ncccn3)CC2)n1C1CC1. The van der Waals surface area contributed by atoms with E-state index in [1.54, 1.807) is 12.4 Å². The van der Waals surface area contributed by atoms with Crippen molar-refractivity contribution >= 4 is 24.1 Å². The Morgan fingerprint density at radius 1 is 1.05 bits per heavy atom. The standard InChI is InChI=1S/C13H17N7S/c21-13-17-16-12(20(13)10-2-3-10)19-8-6-18(7-9-19)11-14-4-1-5-15-11/h1,4-5,10H,2-3,6-9H2,(H,17,21). The third-order valence-electron chi connectivity index (χ3n) is 4.00. The van der Waals surface area contributed by atoms with E-state index in [4.69, 9.17) is 12.2 Å². The minimum atomic E-state index is 0.543. The highest BCUT2D eigenvalue weighted by molar-refractivity contribution is 7.71. The van der Waals surface area contributed by atoms with Gasteiger partial charge in [0.1, 0.15) is 0 Å². The molecule has 1 saturated heterocycles. The smallest absolute Gasteiger partial charge is 0.226 e. The third-order valence-corrected chi connectivity index (χ3v) is 4.28. The molecule has 2 aromatic rings. The van der Waals surface area contributed by atoms with E-state index < -0.39 is 0 Å². The van der Waals surface area contributed by atoms with Gasteiger partial charge in [-0.2, -0.15) is 0 Å². The van der Waals surface area contributed by atoms with Gasteiger partial charge in [0.05, 0.1) is 0 Å². The van der Waals surface area contributed by atoms with E-state index in [0.29, 0.717) is 6.04 Å². The monoisotopic (exact) mass is 303 g/mol. The average Bonchev–Trinajstić information content (AvgIpc) is 3.31. The van der Waals surface area contributed by atoms with Crippen LogP contribution in [0, 0.1) is 4.77 Å². The van der Waals surface area contributed by atoms with E-state index in [2.05, 4.69) is 34.5 Å². The van der Waals surface area contributed by atoms with Gasteiger partial charge in [0.15, 0.2) is 4.77 Å². The molecule has 0 amide bonds. The average molecular weight is 303 g/mol. The number of hydrogen-bond donors (Lipinski definition) is 1. The normalized spacial score (nSPS) is 19.0. The summed E-state index contributed by atoms with van der Waals surface area (Å²) >= 11 is 5.35. The summed E-state index contributed by atoms with van der Waals surface area (Å²) in [7, 11) is 0. The summed E-state index contributed by atoms with van der Waals surface area (Å²) in [5.74, 6) is 1.79. The van der Waals surface area contributed by atoms with Crippen LogP contribution in [0.15, 0.2) is 18.5 Å². The molecule has 3 heterocycles. The summed E-state index contributed by atoms with van der Waals surface area (Å²) in [6.45, 7) is 3.61. The van der Waals surface area contributed by atoms with Crippen molar-refractivity contribution in [2.24, 2.45) is 0 Å². The number of aromatic amines is 1. The number of H-pyrrole nitrogens is 1. The maximum atomic E-state index is 5.35. The first-order valence-electron chi connectivity index (χ1n) is 7.27. The number of nitrogens with zero attached hydrogens (tertiary/aromatic N) is 6. The van der Waals surface area contributed by atoms with E-state index >= 15 is 0 Å². The van der Waals surface area contributed by atoms with Crippen LogP contribution in [0.2, 0.25) is 0 Å². The van der Waals surface area contributed by atoms with Gasteiger partial charge in [-0.1, -0.05) is 0 Å². The molecule has 2 aromatic heterocycles. The van der Waals surface area contributed by atoms with Crippen LogP contribution in [0.3, 0.4) is 0 Å². The molecule has 0 atom stereocenters. The van der Waals surface area contributed by atoms with Crippen molar-refractivity contribution in [1.82, 2.24) is 24.7 Å². The molecule has 0 aromatic carbocycles. The molecule has 1 N–H and O–H groups in total. The Bertz CT molecular complexity index is 667. The molecule has 2 aliphatic rings. The summed E-state index contributed by atoms with van der Waals surface area (Å²) in [6, 6.07) is 2.38. The molecule has 1 aliphatic heterocycles. The van der Waals surface area contributed by atoms with E-state index in [1.807, 2.05) is 6.07 Å². The summed E-state index contributed by atoms with van der Waals surface area (Å²) in [6.07, 6.45) is 5.98. The molecule has 8 heteroatoms. The van der Waals surface area contributed by atoms with E-state index in [-0.39, 0.29) is 0 Å². The van der Waals surface area contributed by atoms with Crippen LogP contribution in [0.25, 0.3) is 0 Å². The fourth-order valence-electron chi connectivity index (χ4n) is 2.74. The van der Waals surface area contributed by atoms with Crippen molar-refractivity contribution in [2.45, 2.75) is 18.9 Å². The topological polar surface area (TPSA) is 65.9 Å². The maximum Gasteiger partial charge on any atom is 0.226 e. The second-order valence-corrected chi connectivity index (χ2v) is 5.84. The van der Waals surface area contributed by atoms with Gasteiger partial charge in [0.25, 0.3) is 0 Å². The minimum Gasteiger partial charge on any atom is -0.337 e. The zero-order chi connectivity index (χ0) is 14.2. The Kier molecular flexibility index (Phi) is 3.10. The minimum absolute atomic E-state index is 0.543. The second kappa shape index (κ2) is 5.10. The largest absolute Gasteiger partial charge is 0.337 e. The van der Waals surface area contributed by atoms with Gasteiger partial charge in [0.2, 0.25) is 11.9 Å². The first kappa shape index (κ1) is 12.8. The molecule has 7 nitrogen and oxygen atoms in total. The van der Waals surface area contributed by atoms with Gasteiger partial charge in [-0.05, 0) is 31.1 Å². The number of hydrogen-bond acceptors (Lipinski definition) is 6. The Hall–Kier alpha value is -1.96. The Morgan fingerprint density at radius 3 is 2.38 bits per heavy atom. The number of nitrogens with one attached hydrogen (secondary N) is 1. The van der Waals surface area contributed by atoms with Crippen LogP contribution in [-0.2, 0) is 0 Å². The molecule has 0 radical (unpaired) electrons. The number of piperazine rings is 1. The summed E-state index contributed by atoms with van der Waals surface area (Å²) < 4.78 is 2.91. The fraction of sp³-hybridized carbons (Fsp3) is 0.538. The molecular formula is C13H17N7S. The number of aromatic nitrogens is 5. The van der Waals surface area contributed by atoms with Crippen LogP contribution < -0.4 is 9.80 Å². The lowest BCUT2D eigenvalue weighted by atomic mass is 10.3. The first-order valence-corrected chi connectivity index (χ1v) is 7.67. The molecule has 1 aliphatic carbocycles. The Labute approximate surface area is 127 Å². The van der Waals surface area contributed by atoms with Gasteiger partial charge in [-0.15, -0.1) is 5.10 Å². The lowest BCUT2D eigenvalue weighted by Crippen LogP contribution is -2.48. The van der Waals surface area contributed by atoms with Crippen molar-refractivity contribution in [3.8, 4) is 0 Å². The highest BCUT2D eigenvalue weighted by Gasteiger charge is 2.30. The van der Waals surface area contributed by atoms with Crippen LogP contribution in [0.5, 0.6) is 0 Å². The van der Waals surface area contributed by atoms with Crippen molar-refractivity contribution < 1.29 is 0 Å². The van der Waals surface area contributed by atoms with Crippen LogP contribution >= 0.6 is 12.2 Å². The highest BCUT2D eigenvalue weighted by Crippen LogP contribution is 2.37. The molecule has 21 heavy (non-hydrogen) atoms. The van der Waals surface area contributed by atoms with Crippen LogP contribution in [0.1, 0.15) is 18.9 Å². The molecule has 4 rings (SSSR count). The Morgan fingerprint density at radius 2 is 1.71 bits per heavy atom. The molecule has 110 valence electrons. The van der Waals surface area contributed by atoms with Crippen LogP contribution in [-0.4, -0.2) is 50.9 Å². The lowest BCUT2D eigenvalue weighted by molar-refractivity contribution is 0.604. The van der Waals surface area contributed by atoms with Gasteiger partial charge in [0, 0.05) is 44.6 Å². The summed E-state index contributed by atoms with van der Waals surface area (Å²) in [5, 5.41) is 7.35. The molecule has 2 fully saturated rings. The van der Waals surface area contributed by atoms with E-state index in [9.17, 15) is 0 Å². The van der Waals surface area contributed by atoms with Gasteiger partial charge >= 0.3 is 0 Å². The summed E-state index contributed by atoms with van der Waals surface area (Å²) in [4.78, 5) is 13.1. The quantitative estimate of drug-likeness (QED) is 0.865. The Balaban J connectivity index is 1.49. The molecular weight excluding hydrogens is 286 g/mol. The molecule has 1 saturated carbocycles. The van der Waals surface area contributed by atoms with Crippen molar-refractivity contribution in [1.29, 1.82) is 0 Å². The van der Waals surface area contributed by atoms with Gasteiger partial charge < -0.3 is 9.80 Å². The zero-order valence-corrected chi connectivity index (χ0v) is 12.5. The third kappa shape index (κ3) is 2.39. The lowest BCUT2D eigenvalue weighted by Gasteiger charge is -2.35. The maximum absolute atomic E-state index is 5.35. The fourth-order valence-corrected chi connectivity index (χ4v) is 3.02. The number of rotatable bonds is 3. The van der Waals surface area contributed by atoms with E-state index in [0.717, 1.165) is 42.8 Å². The highest BCUT2D eigenvalue weighted by atomic mass is 32.1. The van der Waals surface area contributed by atoms with Crippen molar-refractivity contribution in [2.75, 3.05) is 36.0 Å². The first-order chi connectivity index (χ1) is 10.3. The van der Waals surface area contributed by atoms with Crippen LogP contribution in [0.4, 0.5) is 11.9 Å². The molecule has 0 bridgehead atoms. The van der Waals surface area contributed by atoms with E-state index in [1.165, 1.54) is 12.8 Å². The molecule has 0 unspecified atom stereocenters.